The van der Waals surface area contributed by atoms with Crippen molar-refractivity contribution in [2.24, 2.45) is 0 Å². The molecule has 0 atom stereocenters. The van der Waals surface area contributed by atoms with E-state index in [0.29, 0.717) is 12.8 Å². The molecule has 0 saturated carbocycles. The Morgan fingerprint density at radius 3 is 2.75 bits per heavy atom. The predicted octanol–water partition coefficient (Wildman–Crippen LogP) is 3.05. The van der Waals surface area contributed by atoms with E-state index < -0.39 is 0 Å². The summed E-state index contributed by atoms with van der Waals surface area (Å²) in [5, 5.41) is 3.41. The zero-order chi connectivity index (χ0) is 14.4. The number of thioether (sulfide) groups is 1. The van der Waals surface area contributed by atoms with Gasteiger partial charge in [0, 0.05) is 24.2 Å². The highest BCUT2D eigenvalue weighted by atomic mass is 32.2. The van der Waals surface area contributed by atoms with Crippen molar-refractivity contribution >= 4 is 11.8 Å². The molecule has 1 aliphatic heterocycles. The lowest BCUT2D eigenvalue weighted by Crippen LogP contribution is -2.22. The predicted molar refractivity (Wildman–Crippen MR) is 83.0 cm³/mol. The van der Waals surface area contributed by atoms with Crippen LogP contribution in [0.15, 0.2) is 12.1 Å². The van der Waals surface area contributed by atoms with E-state index in [-0.39, 0.29) is 0 Å². The molecule has 5 heteroatoms. The summed E-state index contributed by atoms with van der Waals surface area (Å²) < 4.78 is 16.8. The molecule has 0 saturated heterocycles. The first kappa shape index (κ1) is 15.3. The van der Waals surface area contributed by atoms with Gasteiger partial charge in [0.2, 0.25) is 6.79 Å². The maximum Gasteiger partial charge on any atom is 0.231 e. The van der Waals surface area contributed by atoms with E-state index in [9.17, 15) is 0 Å². The van der Waals surface area contributed by atoms with Crippen molar-refractivity contribution in [2.45, 2.75) is 32.9 Å². The van der Waals surface area contributed by atoms with Crippen molar-refractivity contribution in [2.75, 3.05) is 25.4 Å². The van der Waals surface area contributed by atoms with Gasteiger partial charge >= 0.3 is 0 Å². The molecule has 0 spiro atoms. The third-order valence-corrected chi connectivity index (χ3v) is 3.70. The van der Waals surface area contributed by atoms with Gasteiger partial charge in [0.25, 0.3) is 0 Å². The monoisotopic (exact) mass is 297 g/mol. The number of fused-ring (bicyclic) bond motifs is 1. The van der Waals surface area contributed by atoms with Crippen LogP contribution in [0.25, 0.3) is 0 Å². The Morgan fingerprint density at radius 2 is 2.05 bits per heavy atom. The summed E-state index contributed by atoms with van der Waals surface area (Å²) in [4.78, 5) is 0. The molecule has 1 aromatic rings. The fourth-order valence-corrected chi connectivity index (χ4v) is 2.34. The Bertz CT molecular complexity index is 437. The minimum absolute atomic E-state index is 0.294. The van der Waals surface area contributed by atoms with Crippen LogP contribution in [-0.4, -0.2) is 31.5 Å². The third-order valence-electron chi connectivity index (χ3n) is 3.01. The van der Waals surface area contributed by atoms with Crippen LogP contribution in [0.2, 0.25) is 0 Å². The van der Waals surface area contributed by atoms with Gasteiger partial charge in [0.1, 0.15) is 5.75 Å². The molecule has 0 unspecified atom stereocenters. The molecule has 2 rings (SSSR count). The molecule has 0 fully saturated rings. The molecule has 1 aromatic carbocycles. The van der Waals surface area contributed by atoms with Gasteiger partial charge in [0.15, 0.2) is 11.5 Å². The molecular weight excluding hydrogens is 274 g/mol. The van der Waals surface area contributed by atoms with Crippen LogP contribution in [0.1, 0.15) is 25.8 Å². The summed E-state index contributed by atoms with van der Waals surface area (Å²) in [5.74, 6) is 3.59. The van der Waals surface area contributed by atoms with Gasteiger partial charge in [-0.25, -0.2) is 0 Å². The summed E-state index contributed by atoms with van der Waals surface area (Å²) in [5.41, 5.74) is 1.12. The molecule has 0 radical (unpaired) electrons. The maximum absolute atomic E-state index is 5.91. The van der Waals surface area contributed by atoms with Gasteiger partial charge in [-0.2, -0.15) is 11.8 Å². The SMILES string of the molecule is CSCCCOc1cc2c(cc1CNC(C)C)OCO2. The highest BCUT2D eigenvalue weighted by Crippen LogP contribution is 2.38. The second-order valence-electron chi connectivity index (χ2n) is 5.04. The van der Waals surface area contributed by atoms with E-state index in [0.717, 1.165) is 48.1 Å². The maximum atomic E-state index is 5.91. The minimum Gasteiger partial charge on any atom is -0.493 e. The van der Waals surface area contributed by atoms with Crippen molar-refractivity contribution in [1.82, 2.24) is 5.32 Å². The molecule has 4 nitrogen and oxygen atoms in total. The first-order valence-electron chi connectivity index (χ1n) is 6.98. The number of rotatable bonds is 8. The largest absolute Gasteiger partial charge is 0.493 e. The first-order chi connectivity index (χ1) is 9.70. The van der Waals surface area contributed by atoms with Crippen molar-refractivity contribution in [3.05, 3.63) is 17.7 Å². The van der Waals surface area contributed by atoms with Crippen LogP contribution in [0, 0.1) is 0 Å². The molecule has 0 bridgehead atoms. The minimum atomic E-state index is 0.294. The van der Waals surface area contributed by atoms with E-state index >= 15 is 0 Å². The van der Waals surface area contributed by atoms with Crippen LogP contribution in [0.3, 0.4) is 0 Å². The van der Waals surface area contributed by atoms with E-state index in [4.69, 9.17) is 14.2 Å². The van der Waals surface area contributed by atoms with Gasteiger partial charge < -0.3 is 19.5 Å². The van der Waals surface area contributed by atoms with Gasteiger partial charge in [-0.05, 0) is 24.5 Å². The van der Waals surface area contributed by atoms with E-state index in [2.05, 4.69) is 25.4 Å². The summed E-state index contributed by atoms with van der Waals surface area (Å²) in [6.45, 7) is 6.06. The number of ether oxygens (including phenoxy) is 3. The van der Waals surface area contributed by atoms with Crippen LogP contribution >= 0.6 is 11.8 Å². The summed E-state index contributed by atoms with van der Waals surface area (Å²) in [6.07, 6.45) is 3.16. The van der Waals surface area contributed by atoms with Crippen LogP contribution in [-0.2, 0) is 6.54 Å². The molecule has 0 aliphatic carbocycles. The number of hydrogen-bond acceptors (Lipinski definition) is 5. The Labute approximate surface area is 125 Å². The second kappa shape index (κ2) is 7.64. The quantitative estimate of drug-likeness (QED) is 0.747. The van der Waals surface area contributed by atoms with Crippen molar-refractivity contribution in [3.63, 3.8) is 0 Å². The van der Waals surface area contributed by atoms with E-state index in [1.807, 2.05) is 23.9 Å². The lowest BCUT2D eigenvalue weighted by atomic mass is 10.1. The van der Waals surface area contributed by atoms with Crippen LogP contribution in [0.4, 0.5) is 0 Å². The van der Waals surface area contributed by atoms with Gasteiger partial charge in [-0.15, -0.1) is 0 Å². The Morgan fingerprint density at radius 1 is 1.30 bits per heavy atom. The van der Waals surface area contributed by atoms with Gasteiger partial charge in [-0.1, -0.05) is 13.8 Å². The molecule has 0 amide bonds. The molecule has 1 heterocycles. The topological polar surface area (TPSA) is 39.7 Å². The fourth-order valence-electron chi connectivity index (χ4n) is 1.94. The molecular formula is C15H23NO3S. The van der Waals surface area contributed by atoms with E-state index in [1.165, 1.54) is 0 Å². The molecule has 1 N–H and O–H groups in total. The van der Waals surface area contributed by atoms with E-state index in [1.54, 1.807) is 0 Å². The highest BCUT2D eigenvalue weighted by Gasteiger charge is 2.18. The van der Waals surface area contributed by atoms with Crippen molar-refractivity contribution in [1.29, 1.82) is 0 Å². The first-order valence-corrected chi connectivity index (χ1v) is 8.37. The highest BCUT2D eigenvalue weighted by molar-refractivity contribution is 7.98. The fraction of sp³-hybridized carbons (Fsp3) is 0.600. The number of hydrogen-bond donors (Lipinski definition) is 1. The molecule has 112 valence electrons. The lowest BCUT2D eigenvalue weighted by Gasteiger charge is -2.14. The summed E-state index contributed by atoms with van der Waals surface area (Å²) in [6, 6.07) is 4.39. The number of benzene rings is 1. The molecule has 0 aromatic heterocycles. The third kappa shape index (κ3) is 4.21. The smallest absolute Gasteiger partial charge is 0.231 e. The van der Waals surface area contributed by atoms with Crippen molar-refractivity contribution in [3.8, 4) is 17.2 Å². The Hall–Kier alpha value is -1.07. The Balaban J connectivity index is 2.05. The molecule has 1 aliphatic rings. The van der Waals surface area contributed by atoms with Gasteiger partial charge in [0.05, 0.1) is 6.61 Å². The second-order valence-corrected chi connectivity index (χ2v) is 6.03. The van der Waals surface area contributed by atoms with Crippen LogP contribution in [0.5, 0.6) is 17.2 Å². The lowest BCUT2D eigenvalue weighted by molar-refractivity contribution is 0.173. The zero-order valence-corrected chi connectivity index (χ0v) is 13.2. The number of nitrogens with one attached hydrogen (secondary N) is 1. The Kier molecular flexibility index (Phi) is 5.86. The zero-order valence-electron chi connectivity index (χ0n) is 12.4. The molecule has 20 heavy (non-hydrogen) atoms. The van der Waals surface area contributed by atoms with Crippen molar-refractivity contribution < 1.29 is 14.2 Å². The average molecular weight is 297 g/mol. The normalized spacial score (nSPS) is 13.0. The summed E-state index contributed by atoms with van der Waals surface area (Å²) >= 11 is 1.84. The summed E-state index contributed by atoms with van der Waals surface area (Å²) in [7, 11) is 0. The van der Waals surface area contributed by atoms with Crippen LogP contribution < -0.4 is 19.5 Å². The standard InChI is InChI=1S/C15H23NO3S/c1-11(2)16-9-12-7-14-15(19-10-18-14)8-13(12)17-5-4-6-20-3/h7-8,11,16H,4-6,9-10H2,1-3H3. The average Bonchev–Trinajstić information content (AvgIpc) is 2.87. The van der Waals surface area contributed by atoms with Gasteiger partial charge in [-0.3, -0.25) is 0 Å².